The highest BCUT2D eigenvalue weighted by Gasteiger charge is 2.69. The molecule has 0 aromatic heterocycles. The summed E-state index contributed by atoms with van der Waals surface area (Å²) in [5.41, 5.74) is -0.605. The Labute approximate surface area is 118 Å². The molecular formula is C15H22O5. The predicted molar refractivity (Wildman–Crippen MR) is 68.3 cm³/mol. The lowest BCUT2D eigenvalue weighted by atomic mass is 9.58. The van der Waals surface area contributed by atoms with Crippen LogP contribution in [0.4, 0.5) is 0 Å². The van der Waals surface area contributed by atoms with Gasteiger partial charge in [0.2, 0.25) is 6.29 Å². The van der Waals surface area contributed by atoms with E-state index in [1.807, 2.05) is 13.8 Å². The van der Waals surface area contributed by atoms with Crippen LogP contribution in [0, 0.1) is 23.7 Å². The second-order valence-electron chi connectivity index (χ2n) is 6.97. The number of esters is 1. The van der Waals surface area contributed by atoms with Gasteiger partial charge in [-0.1, -0.05) is 13.8 Å². The SMILES string of the molecule is C[C@@H]1CC[C@@H]2[C@H](C)C(=O)O[C@@H]3O[C@@H](C)[C@H]4C[C@H]1[C@]32OO4. The van der Waals surface area contributed by atoms with E-state index >= 15 is 0 Å². The van der Waals surface area contributed by atoms with Gasteiger partial charge in [0, 0.05) is 11.8 Å². The Morgan fingerprint density at radius 2 is 1.95 bits per heavy atom. The molecule has 0 amide bonds. The van der Waals surface area contributed by atoms with Crippen molar-refractivity contribution in [3.63, 3.8) is 0 Å². The van der Waals surface area contributed by atoms with Crippen LogP contribution in [0.5, 0.6) is 0 Å². The lowest BCUT2D eigenvalue weighted by molar-refractivity contribution is -0.459. The highest BCUT2D eigenvalue weighted by Crippen LogP contribution is 2.58. The molecule has 5 fully saturated rings. The normalized spacial score (nSPS) is 57.8. The van der Waals surface area contributed by atoms with Crippen LogP contribution in [0.2, 0.25) is 0 Å². The van der Waals surface area contributed by atoms with Crippen molar-refractivity contribution in [2.45, 2.75) is 64.1 Å². The maximum atomic E-state index is 12.1. The lowest BCUT2D eigenvalue weighted by Crippen LogP contribution is -2.67. The third-order valence-corrected chi connectivity index (χ3v) is 6.01. The molecule has 4 heterocycles. The molecule has 4 aliphatic heterocycles. The molecule has 5 rings (SSSR count). The Hall–Kier alpha value is -0.650. The van der Waals surface area contributed by atoms with Crippen molar-refractivity contribution < 1.29 is 24.0 Å². The largest absolute Gasteiger partial charge is 0.432 e. The van der Waals surface area contributed by atoms with E-state index in [2.05, 4.69) is 6.92 Å². The van der Waals surface area contributed by atoms with Crippen molar-refractivity contribution in [2.75, 3.05) is 0 Å². The van der Waals surface area contributed by atoms with E-state index in [1.54, 1.807) is 0 Å². The number of ether oxygens (including phenoxy) is 2. The first kappa shape index (κ1) is 13.0. The van der Waals surface area contributed by atoms with Crippen LogP contribution in [0.15, 0.2) is 0 Å². The Morgan fingerprint density at radius 3 is 2.75 bits per heavy atom. The molecule has 20 heavy (non-hydrogen) atoms. The van der Waals surface area contributed by atoms with Crippen molar-refractivity contribution in [2.24, 2.45) is 23.7 Å². The van der Waals surface area contributed by atoms with E-state index in [1.165, 1.54) is 0 Å². The quantitative estimate of drug-likeness (QED) is 0.503. The average molecular weight is 282 g/mol. The Balaban J connectivity index is 1.83. The maximum absolute atomic E-state index is 12.1. The van der Waals surface area contributed by atoms with Crippen LogP contribution >= 0.6 is 0 Å². The fraction of sp³-hybridized carbons (Fsp3) is 0.933. The maximum Gasteiger partial charge on any atom is 0.311 e. The van der Waals surface area contributed by atoms with Gasteiger partial charge in [-0.2, -0.15) is 0 Å². The van der Waals surface area contributed by atoms with Gasteiger partial charge in [0.25, 0.3) is 0 Å². The first-order valence-corrected chi connectivity index (χ1v) is 7.74. The minimum Gasteiger partial charge on any atom is -0.432 e. The predicted octanol–water partition coefficient (Wildman–Crippen LogP) is 2.05. The van der Waals surface area contributed by atoms with Crippen molar-refractivity contribution in [1.82, 2.24) is 0 Å². The third-order valence-electron chi connectivity index (χ3n) is 6.01. The fourth-order valence-corrected chi connectivity index (χ4v) is 4.75. The van der Waals surface area contributed by atoms with Crippen molar-refractivity contribution >= 4 is 5.97 Å². The minimum atomic E-state index is -0.619. The Bertz CT molecular complexity index is 438. The molecule has 0 aromatic rings. The van der Waals surface area contributed by atoms with Crippen LogP contribution in [-0.4, -0.2) is 30.1 Å². The average Bonchev–Trinajstić information content (AvgIpc) is 2.63. The van der Waals surface area contributed by atoms with Crippen LogP contribution in [-0.2, 0) is 24.0 Å². The highest BCUT2D eigenvalue weighted by atomic mass is 17.2. The van der Waals surface area contributed by atoms with E-state index in [0.717, 1.165) is 19.3 Å². The van der Waals surface area contributed by atoms with Gasteiger partial charge in [0.1, 0.15) is 6.10 Å². The topological polar surface area (TPSA) is 54.0 Å². The van der Waals surface area contributed by atoms with Crippen molar-refractivity contribution in [3.05, 3.63) is 0 Å². The smallest absolute Gasteiger partial charge is 0.311 e. The van der Waals surface area contributed by atoms with Gasteiger partial charge in [-0.05, 0) is 32.1 Å². The highest BCUT2D eigenvalue weighted by molar-refractivity contribution is 5.74. The van der Waals surface area contributed by atoms with Crippen LogP contribution in [0.3, 0.4) is 0 Å². The second kappa shape index (κ2) is 4.18. The molecule has 0 aromatic carbocycles. The van der Waals surface area contributed by atoms with Crippen molar-refractivity contribution in [1.29, 1.82) is 0 Å². The molecule has 0 unspecified atom stereocenters. The summed E-state index contributed by atoms with van der Waals surface area (Å²) in [5.74, 6) is 0.684. The summed E-state index contributed by atoms with van der Waals surface area (Å²) in [5, 5.41) is 0. The molecule has 2 bridgehead atoms. The van der Waals surface area contributed by atoms with Gasteiger partial charge in [-0.25, -0.2) is 9.78 Å². The third kappa shape index (κ3) is 1.46. The molecule has 1 spiro atoms. The number of hydrogen-bond acceptors (Lipinski definition) is 5. The lowest BCUT2D eigenvalue weighted by Gasteiger charge is -2.56. The minimum absolute atomic E-state index is 0.0635. The zero-order chi connectivity index (χ0) is 14.1. The number of carbonyl (C=O) groups is 1. The van der Waals surface area contributed by atoms with Gasteiger partial charge < -0.3 is 9.47 Å². The molecule has 8 atom stereocenters. The van der Waals surface area contributed by atoms with Gasteiger partial charge >= 0.3 is 5.97 Å². The summed E-state index contributed by atoms with van der Waals surface area (Å²) < 4.78 is 11.6. The number of rotatable bonds is 0. The monoisotopic (exact) mass is 282 g/mol. The molecule has 5 heteroatoms. The second-order valence-corrected chi connectivity index (χ2v) is 6.97. The summed E-state index contributed by atoms with van der Waals surface area (Å²) in [6, 6.07) is 0. The van der Waals surface area contributed by atoms with E-state index < -0.39 is 11.9 Å². The number of hydrogen-bond donors (Lipinski definition) is 0. The van der Waals surface area contributed by atoms with Crippen LogP contribution in [0.25, 0.3) is 0 Å². The van der Waals surface area contributed by atoms with E-state index in [0.29, 0.717) is 11.8 Å². The number of carbonyl (C=O) groups excluding carboxylic acids is 1. The zero-order valence-corrected chi connectivity index (χ0v) is 12.2. The molecule has 5 aliphatic rings. The summed E-state index contributed by atoms with van der Waals surface area (Å²) in [7, 11) is 0. The summed E-state index contributed by atoms with van der Waals surface area (Å²) >= 11 is 0. The molecule has 4 saturated heterocycles. The fourth-order valence-electron chi connectivity index (χ4n) is 4.75. The van der Waals surface area contributed by atoms with E-state index in [4.69, 9.17) is 19.2 Å². The van der Waals surface area contributed by atoms with Crippen LogP contribution in [0.1, 0.15) is 40.0 Å². The van der Waals surface area contributed by atoms with Crippen LogP contribution < -0.4 is 0 Å². The molecular weight excluding hydrogens is 260 g/mol. The first-order chi connectivity index (χ1) is 9.54. The molecule has 112 valence electrons. The first-order valence-electron chi connectivity index (χ1n) is 7.74. The summed E-state index contributed by atoms with van der Waals surface area (Å²) in [6.07, 6.45) is 2.23. The van der Waals surface area contributed by atoms with Crippen molar-refractivity contribution in [3.8, 4) is 0 Å². The van der Waals surface area contributed by atoms with Gasteiger partial charge in [0.15, 0.2) is 5.60 Å². The van der Waals surface area contributed by atoms with Gasteiger partial charge in [-0.3, -0.25) is 4.79 Å². The number of fused-ring (bicyclic) bond motifs is 2. The Morgan fingerprint density at radius 1 is 1.15 bits per heavy atom. The van der Waals surface area contributed by atoms with Gasteiger partial charge in [0.05, 0.1) is 12.0 Å². The molecule has 1 saturated carbocycles. The van der Waals surface area contributed by atoms with E-state index in [9.17, 15) is 4.79 Å². The summed E-state index contributed by atoms with van der Waals surface area (Å²) in [6.45, 7) is 6.17. The standard InChI is InChI=1S/C15H22O5/c1-7-4-5-10-8(2)13(16)18-14-15(10)11(7)6-12(19-20-15)9(3)17-14/h7-12,14H,4-6H2,1-3H3/t7-,8+,9+,10-,11-,12-,14+,15+/m1/s1. The Kier molecular flexibility index (Phi) is 2.73. The van der Waals surface area contributed by atoms with E-state index in [-0.39, 0.29) is 30.0 Å². The molecule has 0 N–H and O–H groups in total. The summed E-state index contributed by atoms with van der Waals surface area (Å²) in [4.78, 5) is 23.7. The molecule has 1 aliphatic carbocycles. The molecule has 0 radical (unpaired) electrons. The molecule has 5 nitrogen and oxygen atoms in total. The van der Waals surface area contributed by atoms with Gasteiger partial charge in [-0.15, -0.1) is 0 Å². The zero-order valence-electron chi connectivity index (χ0n) is 12.2.